The van der Waals surface area contributed by atoms with Gasteiger partial charge in [0.15, 0.2) is 5.76 Å². The second kappa shape index (κ2) is 4.05. The molecule has 2 aliphatic carbocycles. The van der Waals surface area contributed by atoms with Crippen molar-refractivity contribution in [3.05, 3.63) is 23.7 Å². The molecule has 0 aromatic carbocycles. The minimum Gasteiger partial charge on any atom is -0.356 e. The number of hydrogen-bond acceptors (Lipinski definition) is 5. The minimum atomic E-state index is 0.558. The zero-order chi connectivity index (χ0) is 12.8. The summed E-state index contributed by atoms with van der Waals surface area (Å²) in [5, 5.41) is 7.30. The van der Waals surface area contributed by atoms with Gasteiger partial charge in [0.25, 0.3) is 0 Å². The number of anilines is 1. The van der Waals surface area contributed by atoms with Gasteiger partial charge in [-0.2, -0.15) is 0 Å². The average Bonchev–Trinajstić information content (AvgIpc) is 3.30. The fourth-order valence-corrected chi connectivity index (χ4v) is 2.22. The summed E-state index contributed by atoms with van der Waals surface area (Å²) in [4.78, 5) is 9.10. The molecule has 0 atom stereocenters. The first kappa shape index (κ1) is 11.0. The fraction of sp³-hybridized carbons (Fsp3) is 0.500. The molecular weight excluding hydrogens is 240 g/mol. The molecule has 1 N–H and O–H groups in total. The lowest BCUT2D eigenvalue weighted by Gasteiger charge is -2.08. The minimum absolute atomic E-state index is 0.558. The number of rotatable bonds is 4. The van der Waals surface area contributed by atoms with Gasteiger partial charge in [0.2, 0.25) is 5.95 Å². The maximum Gasteiger partial charge on any atom is 0.223 e. The summed E-state index contributed by atoms with van der Waals surface area (Å²) in [6.45, 7) is 1.92. The molecule has 2 fully saturated rings. The number of hydrogen-bond donors (Lipinski definition) is 1. The summed E-state index contributed by atoms with van der Waals surface area (Å²) in [6.07, 6.45) is 6.74. The van der Waals surface area contributed by atoms with Crippen LogP contribution in [0.3, 0.4) is 0 Å². The Morgan fingerprint density at radius 2 is 2.11 bits per heavy atom. The van der Waals surface area contributed by atoms with Crippen molar-refractivity contribution in [1.29, 1.82) is 0 Å². The number of aromatic nitrogens is 3. The predicted octanol–water partition coefficient (Wildman–Crippen LogP) is 2.89. The van der Waals surface area contributed by atoms with Crippen LogP contribution >= 0.6 is 0 Å². The largest absolute Gasteiger partial charge is 0.356 e. The highest BCUT2D eigenvalue weighted by atomic mass is 16.5. The smallest absolute Gasteiger partial charge is 0.223 e. The van der Waals surface area contributed by atoms with Crippen LogP contribution < -0.4 is 5.32 Å². The quantitative estimate of drug-likeness (QED) is 0.911. The van der Waals surface area contributed by atoms with Crippen molar-refractivity contribution in [3.8, 4) is 11.3 Å². The molecule has 0 bridgehead atoms. The van der Waals surface area contributed by atoms with Crippen LogP contribution in [-0.4, -0.2) is 21.2 Å². The lowest BCUT2D eigenvalue weighted by Crippen LogP contribution is -2.07. The van der Waals surface area contributed by atoms with Crippen LogP contribution in [-0.2, 0) is 0 Å². The Labute approximate surface area is 111 Å². The number of nitrogens with zero attached hydrogens (tertiary/aromatic N) is 3. The molecule has 0 unspecified atom stereocenters. The second-order valence-corrected chi connectivity index (χ2v) is 5.52. The van der Waals surface area contributed by atoms with E-state index in [4.69, 9.17) is 9.51 Å². The van der Waals surface area contributed by atoms with E-state index >= 15 is 0 Å². The molecule has 0 saturated heterocycles. The van der Waals surface area contributed by atoms with Gasteiger partial charge >= 0.3 is 0 Å². The molecule has 2 aliphatic rings. The molecule has 2 saturated carbocycles. The van der Waals surface area contributed by atoms with Crippen molar-refractivity contribution in [1.82, 2.24) is 15.1 Å². The van der Waals surface area contributed by atoms with E-state index < -0.39 is 0 Å². The Kier molecular flexibility index (Phi) is 2.33. The van der Waals surface area contributed by atoms with Gasteiger partial charge in [-0.05, 0) is 32.6 Å². The first-order valence-electron chi connectivity index (χ1n) is 6.87. The summed E-state index contributed by atoms with van der Waals surface area (Å²) >= 11 is 0. The summed E-state index contributed by atoms with van der Waals surface area (Å²) < 4.78 is 5.35. The number of nitrogens with one attached hydrogen (secondary N) is 1. The van der Waals surface area contributed by atoms with Crippen LogP contribution in [0.5, 0.6) is 0 Å². The van der Waals surface area contributed by atoms with Crippen molar-refractivity contribution in [2.24, 2.45) is 0 Å². The first-order chi connectivity index (χ1) is 9.29. The van der Waals surface area contributed by atoms with Gasteiger partial charge in [-0.1, -0.05) is 5.16 Å². The van der Waals surface area contributed by atoms with Crippen molar-refractivity contribution in [3.63, 3.8) is 0 Å². The van der Waals surface area contributed by atoms with Crippen LogP contribution in [0.1, 0.15) is 43.0 Å². The van der Waals surface area contributed by atoms with Crippen LogP contribution in [0.2, 0.25) is 0 Å². The first-order valence-corrected chi connectivity index (χ1v) is 6.87. The zero-order valence-corrected chi connectivity index (χ0v) is 10.9. The standard InChI is InChI=1S/C14H16N4O/c1-8-6-12(19-18-8)11-7-15-14(16-10-4-5-10)17-13(11)9-2-3-9/h6-7,9-10H,2-5H2,1H3,(H,15,16,17). The summed E-state index contributed by atoms with van der Waals surface area (Å²) in [7, 11) is 0. The van der Waals surface area contributed by atoms with Crippen molar-refractivity contribution in [2.45, 2.75) is 44.6 Å². The normalized spacial score (nSPS) is 18.6. The summed E-state index contributed by atoms with van der Waals surface area (Å²) in [5.74, 6) is 2.09. The van der Waals surface area contributed by atoms with Crippen molar-refractivity contribution in [2.75, 3.05) is 5.32 Å². The van der Waals surface area contributed by atoms with Crippen LogP contribution in [0.4, 0.5) is 5.95 Å². The van der Waals surface area contributed by atoms with Crippen LogP contribution in [0.15, 0.2) is 16.8 Å². The fourth-order valence-electron chi connectivity index (χ4n) is 2.22. The van der Waals surface area contributed by atoms with Gasteiger partial charge in [0.1, 0.15) is 0 Å². The van der Waals surface area contributed by atoms with Crippen molar-refractivity contribution < 1.29 is 4.52 Å². The van der Waals surface area contributed by atoms with E-state index in [9.17, 15) is 0 Å². The summed E-state index contributed by atoms with van der Waals surface area (Å²) in [6, 6.07) is 2.52. The molecule has 0 amide bonds. The molecular formula is C14H16N4O. The highest BCUT2D eigenvalue weighted by Crippen LogP contribution is 2.43. The Morgan fingerprint density at radius 1 is 1.26 bits per heavy atom. The SMILES string of the molecule is Cc1cc(-c2cnc(NC3CC3)nc2C2CC2)on1. The third-order valence-corrected chi connectivity index (χ3v) is 3.59. The average molecular weight is 256 g/mol. The summed E-state index contributed by atoms with van der Waals surface area (Å²) in [5.41, 5.74) is 2.98. The third kappa shape index (κ3) is 2.20. The highest BCUT2D eigenvalue weighted by Gasteiger charge is 2.30. The van der Waals surface area contributed by atoms with Gasteiger partial charge < -0.3 is 9.84 Å². The molecule has 0 spiro atoms. The second-order valence-electron chi connectivity index (χ2n) is 5.52. The maximum absolute atomic E-state index is 5.35. The predicted molar refractivity (Wildman–Crippen MR) is 70.9 cm³/mol. The van der Waals surface area contributed by atoms with E-state index in [-0.39, 0.29) is 0 Å². The lowest BCUT2D eigenvalue weighted by molar-refractivity contribution is 0.426. The molecule has 0 aliphatic heterocycles. The van der Waals surface area contributed by atoms with Crippen molar-refractivity contribution >= 4 is 5.95 Å². The molecule has 98 valence electrons. The van der Waals surface area contributed by atoms with E-state index in [1.165, 1.54) is 25.7 Å². The Hall–Kier alpha value is -1.91. The molecule has 5 heteroatoms. The van der Waals surface area contributed by atoms with E-state index in [0.29, 0.717) is 12.0 Å². The Bertz CT molecular complexity index is 614. The van der Waals surface area contributed by atoms with Gasteiger partial charge in [0.05, 0.1) is 17.0 Å². The lowest BCUT2D eigenvalue weighted by atomic mass is 10.1. The molecule has 0 radical (unpaired) electrons. The molecule has 2 aromatic rings. The zero-order valence-electron chi connectivity index (χ0n) is 10.9. The van der Waals surface area contributed by atoms with Crippen LogP contribution in [0.25, 0.3) is 11.3 Å². The molecule has 4 rings (SSSR count). The Morgan fingerprint density at radius 3 is 2.74 bits per heavy atom. The molecule has 2 aromatic heterocycles. The highest BCUT2D eigenvalue weighted by molar-refractivity contribution is 5.62. The number of aryl methyl sites for hydroxylation is 1. The third-order valence-electron chi connectivity index (χ3n) is 3.59. The van der Waals surface area contributed by atoms with E-state index in [1.807, 2.05) is 19.2 Å². The maximum atomic E-state index is 5.35. The molecule has 19 heavy (non-hydrogen) atoms. The van der Waals surface area contributed by atoms with E-state index in [0.717, 1.165) is 28.7 Å². The Balaban J connectivity index is 1.72. The van der Waals surface area contributed by atoms with Gasteiger partial charge in [0, 0.05) is 24.2 Å². The topological polar surface area (TPSA) is 63.8 Å². The van der Waals surface area contributed by atoms with E-state index in [2.05, 4.69) is 15.5 Å². The van der Waals surface area contributed by atoms with Gasteiger partial charge in [-0.3, -0.25) is 0 Å². The monoisotopic (exact) mass is 256 g/mol. The van der Waals surface area contributed by atoms with Crippen LogP contribution in [0, 0.1) is 6.92 Å². The molecule has 5 nitrogen and oxygen atoms in total. The van der Waals surface area contributed by atoms with E-state index in [1.54, 1.807) is 0 Å². The molecule has 2 heterocycles. The van der Waals surface area contributed by atoms with Gasteiger partial charge in [-0.15, -0.1) is 0 Å². The van der Waals surface area contributed by atoms with Gasteiger partial charge in [-0.25, -0.2) is 9.97 Å².